The van der Waals surface area contributed by atoms with Gasteiger partial charge in [0.05, 0.1) is 0 Å². The van der Waals surface area contributed by atoms with Crippen LogP contribution in [0.3, 0.4) is 0 Å². The summed E-state index contributed by atoms with van der Waals surface area (Å²) in [5.41, 5.74) is 4.71. The zero-order valence-corrected chi connectivity index (χ0v) is 14.7. The van der Waals surface area contributed by atoms with E-state index in [2.05, 4.69) is 51.2 Å². The highest BCUT2D eigenvalue weighted by molar-refractivity contribution is 5.42. The molecule has 0 bridgehead atoms. The van der Waals surface area contributed by atoms with Gasteiger partial charge in [0.2, 0.25) is 0 Å². The third-order valence-corrected chi connectivity index (χ3v) is 3.68. The van der Waals surface area contributed by atoms with E-state index in [0.717, 1.165) is 0 Å². The third-order valence-electron chi connectivity index (χ3n) is 3.68. The van der Waals surface area contributed by atoms with Gasteiger partial charge in [0.15, 0.2) is 0 Å². The lowest BCUT2D eigenvalue weighted by atomic mass is 9.79. The van der Waals surface area contributed by atoms with Gasteiger partial charge in [0, 0.05) is 0 Å². The van der Waals surface area contributed by atoms with Crippen LogP contribution in [0.1, 0.15) is 67.7 Å². The van der Waals surface area contributed by atoms with Gasteiger partial charge in [-0.15, -0.1) is 0 Å². The molecule has 1 atom stereocenters. The molecule has 0 saturated carbocycles. The maximum Gasteiger partial charge on any atom is -0.0150 e. The van der Waals surface area contributed by atoms with Crippen LogP contribution in [0.2, 0.25) is 0 Å². The minimum Gasteiger partial charge on any atom is -0.0842 e. The highest BCUT2D eigenvalue weighted by Gasteiger charge is 2.19. The molecule has 2 rings (SSSR count). The summed E-state index contributed by atoms with van der Waals surface area (Å²) in [6.07, 6.45) is 15.1. The van der Waals surface area contributed by atoms with E-state index in [1.807, 2.05) is 27.7 Å². The molecule has 0 N–H and O–H groups in total. The average Bonchev–Trinajstić information content (AvgIpc) is 2.52. The highest BCUT2D eigenvalue weighted by atomic mass is 14.2. The average molecular weight is 274 g/mol. The molecule has 0 aromatic carbocycles. The standard InChI is InChI=1S/C16H22.2C2H6/c1-12(2)15-9-10-16(13(3)11-15)14-7-5-4-6-8-14;2*1-2/h4-5,7,9-10,12-13H,6,8,11H2,1-3H3;2*1-2H3. The minimum atomic E-state index is 0.695. The van der Waals surface area contributed by atoms with Crippen LogP contribution < -0.4 is 0 Å². The normalized spacial score (nSPS) is 20.8. The lowest BCUT2D eigenvalue weighted by molar-refractivity contribution is 0.597. The van der Waals surface area contributed by atoms with E-state index >= 15 is 0 Å². The van der Waals surface area contributed by atoms with Crippen molar-refractivity contribution in [1.29, 1.82) is 0 Å². The fourth-order valence-corrected chi connectivity index (χ4v) is 2.59. The van der Waals surface area contributed by atoms with Gasteiger partial charge >= 0.3 is 0 Å². The van der Waals surface area contributed by atoms with Gasteiger partial charge in [-0.3, -0.25) is 0 Å². The molecule has 2 aliphatic rings. The zero-order valence-electron chi connectivity index (χ0n) is 14.7. The quantitative estimate of drug-likeness (QED) is 0.515. The molecule has 0 amide bonds. The molecule has 0 heteroatoms. The first-order valence-corrected chi connectivity index (χ1v) is 8.45. The summed E-state index contributed by atoms with van der Waals surface area (Å²) in [7, 11) is 0. The molecule has 0 spiro atoms. The Morgan fingerprint density at radius 1 is 1.00 bits per heavy atom. The molecule has 0 aromatic rings. The second-order valence-electron chi connectivity index (χ2n) is 5.28. The first-order chi connectivity index (χ1) is 9.68. The van der Waals surface area contributed by atoms with Crippen LogP contribution in [0.4, 0.5) is 0 Å². The van der Waals surface area contributed by atoms with Crippen molar-refractivity contribution in [2.24, 2.45) is 11.8 Å². The van der Waals surface area contributed by atoms with Crippen LogP contribution in [0.15, 0.2) is 47.1 Å². The topological polar surface area (TPSA) is 0 Å². The SMILES string of the molecule is CC.CC.CC(C)C1=CC=C(C2=CC=CCC2)C(C)C1. The van der Waals surface area contributed by atoms with Gasteiger partial charge in [-0.05, 0) is 42.2 Å². The Balaban J connectivity index is 0.000000829. The highest BCUT2D eigenvalue weighted by Crippen LogP contribution is 2.35. The molecule has 0 radical (unpaired) electrons. The molecule has 20 heavy (non-hydrogen) atoms. The van der Waals surface area contributed by atoms with E-state index in [1.54, 1.807) is 16.7 Å². The van der Waals surface area contributed by atoms with Gasteiger partial charge in [-0.1, -0.05) is 84.4 Å². The number of hydrogen-bond donors (Lipinski definition) is 0. The van der Waals surface area contributed by atoms with Crippen LogP contribution in [0, 0.1) is 11.8 Å². The summed E-state index contributed by atoms with van der Waals surface area (Å²) in [4.78, 5) is 0. The Morgan fingerprint density at radius 3 is 2.10 bits per heavy atom. The molecule has 0 aliphatic heterocycles. The Morgan fingerprint density at radius 2 is 1.65 bits per heavy atom. The first kappa shape index (κ1) is 19.0. The molecular formula is C20H34. The van der Waals surface area contributed by atoms with Crippen molar-refractivity contribution in [2.45, 2.75) is 67.7 Å². The Kier molecular flexibility index (Phi) is 10.2. The van der Waals surface area contributed by atoms with Crippen molar-refractivity contribution in [2.75, 3.05) is 0 Å². The van der Waals surface area contributed by atoms with E-state index < -0.39 is 0 Å². The minimum absolute atomic E-state index is 0.695. The molecule has 0 fully saturated rings. The Labute approximate surface area is 127 Å². The largest absolute Gasteiger partial charge is 0.0842 e. The van der Waals surface area contributed by atoms with Crippen molar-refractivity contribution < 1.29 is 0 Å². The summed E-state index contributed by atoms with van der Waals surface area (Å²) < 4.78 is 0. The van der Waals surface area contributed by atoms with Crippen molar-refractivity contribution in [1.82, 2.24) is 0 Å². The molecular weight excluding hydrogens is 240 g/mol. The van der Waals surface area contributed by atoms with Crippen LogP contribution >= 0.6 is 0 Å². The summed E-state index contributed by atoms with van der Waals surface area (Å²) in [5.74, 6) is 1.39. The predicted octanol–water partition coefficient (Wildman–Crippen LogP) is 6.86. The van der Waals surface area contributed by atoms with E-state index in [1.165, 1.54) is 19.3 Å². The predicted molar refractivity (Wildman–Crippen MR) is 93.9 cm³/mol. The lowest BCUT2D eigenvalue weighted by Crippen LogP contribution is -2.11. The van der Waals surface area contributed by atoms with E-state index in [0.29, 0.717) is 11.8 Å². The molecule has 0 aromatic heterocycles. The maximum atomic E-state index is 2.36. The Hall–Kier alpha value is -1.04. The van der Waals surface area contributed by atoms with Gasteiger partial charge in [0.1, 0.15) is 0 Å². The molecule has 114 valence electrons. The van der Waals surface area contributed by atoms with Gasteiger partial charge in [0.25, 0.3) is 0 Å². The smallest absolute Gasteiger partial charge is 0.0150 e. The van der Waals surface area contributed by atoms with Gasteiger partial charge in [-0.25, -0.2) is 0 Å². The summed E-state index contributed by atoms with van der Waals surface area (Å²) in [6, 6.07) is 0. The van der Waals surface area contributed by atoms with E-state index in [-0.39, 0.29) is 0 Å². The number of allylic oxidation sites excluding steroid dienone is 8. The zero-order chi connectivity index (χ0) is 15.5. The second kappa shape index (κ2) is 10.7. The molecule has 0 heterocycles. The molecule has 0 saturated heterocycles. The summed E-state index contributed by atoms with van der Waals surface area (Å²) in [6.45, 7) is 14.9. The van der Waals surface area contributed by atoms with Gasteiger partial charge in [-0.2, -0.15) is 0 Å². The van der Waals surface area contributed by atoms with Crippen LogP contribution in [0.5, 0.6) is 0 Å². The number of hydrogen-bond acceptors (Lipinski definition) is 0. The van der Waals surface area contributed by atoms with Crippen LogP contribution in [0.25, 0.3) is 0 Å². The third kappa shape index (κ3) is 5.53. The lowest BCUT2D eigenvalue weighted by Gasteiger charge is -2.26. The van der Waals surface area contributed by atoms with Crippen molar-refractivity contribution in [3.05, 3.63) is 47.1 Å². The van der Waals surface area contributed by atoms with Crippen LogP contribution in [-0.4, -0.2) is 0 Å². The molecule has 0 nitrogen and oxygen atoms in total. The van der Waals surface area contributed by atoms with E-state index in [9.17, 15) is 0 Å². The molecule has 2 aliphatic carbocycles. The Bertz CT molecular complexity index is 375. The van der Waals surface area contributed by atoms with Crippen molar-refractivity contribution >= 4 is 0 Å². The van der Waals surface area contributed by atoms with Crippen LogP contribution in [-0.2, 0) is 0 Å². The summed E-state index contributed by atoms with van der Waals surface area (Å²) >= 11 is 0. The van der Waals surface area contributed by atoms with E-state index in [4.69, 9.17) is 0 Å². The fraction of sp³-hybridized carbons (Fsp3) is 0.600. The summed E-state index contributed by atoms with van der Waals surface area (Å²) in [5, 5.41) is 0. The monoisotopic (exact) mass is 274 g/mol. The van der Waals surface area contributed by atoms with Crippen molar-refractivity contribution in [3.8, 4) is 0 Å². The van der Waals surface area contributed by atoms with Crippen molar-refractivity contribution in [3.63, 3.8) is 0 Å². The maximum absolute atomic E-state index is 2.36. The number of rotatable bonds is 2. The molecule has 1 unspecified atom stereocenters. The second-order valence-corrected chi connectivity index (χ2v) is 5.28. The first-order valence-electron chi connectivity index (χ1n) is 8.45. The fourth-order valence-electron chi connectivity index (χ4n) is 2.59. The van der Waals surface area contributed by atoms with Gasteiger partial charge < -0.3 is 0 Å².